The standard InChI is InChI=1S/C40H66N2O8/c1-24-20-25(33(44)36(4,5)46)49-32-31(24)37(6)12-13-40-23-39(40)11-10-28(35(2,3)26(39)8-9-27(40)38(37,7)34(32)45)50-30-22-42(16-19-48-30)29(43)21-41-14-17-47-18-15-41/h24-28,30-34,44-46H,8-23H2,1-7H3/t24-,25-,26+,27+,28?,30?,31?,32+,33?,34+,37-,38-,39?,40+/m1/s1. The molecule has 0 radical (unpaired) electrons. The maximum Gasteiger partial charge on any atom is 0.237 e. The molecule has 10 heteroatoms. The van der Waals surface area contributed by atoms with E-state index < -0.39 is 30.2 Å². The first-order chi connectivity index (χ1) is 23.5. The number of carbonyl (C=O) groups is 1. The van der Waals surface area contributed by atoms with Gasteiger partial charge in [-0.15, -0.1) is 0 Å². The maximum absolute atomic E-state index is 13.2. The third kappa shape index (κ3) is 5.04. The number of aliphatic hydroxyl groups is 3. The SMILES string of the molecule is C[C@@H]1C[C@H](C(O)C(C)(C)O)O[C@H]2C1[C@@]1(C)CC[C@@]34CC35CCC(OC3CN(C(=O)CN6CCOCC6)CCO3)C(C)(C)[C@@H]5CC[C@H]4[C@]1(C)[C@H]2O. The molecule has 0 bridgehead atoms. The van der Waals surface area contributed by atoms with Crippen LogP contribution >= 0.6 is 0 Å². The first-order valence-electron chi connectivity index (χ1n) is 20.1. The summed E-state index contributed by atoms with van der Waals surface area (Å²) < 4.78 is 25.2. The Morgan fingerprint density at radius 3 is 2.40 bits per heavy atom. The van der Waals surface area contributed by atoms with Gasteiger partial charge in [0, 0.05) is 25.0 Å². The van der Waals surface area contributed by atoms with Crippen molar-refractivity contribution in [3.63, 3.8) is 0 Å². The molecule has 5 saturated carbocycles. The number of morpholine rings is 2. The second-order valence-electron chi connectivity index (χ2n) is 19.8. The topological polar surface area (TPSA) is 121 Å². The third-order valence-corrected chi connectivity index (χ3v) is 17.0. The van der Waals surface area contributed by atoms with Crippen molar-refractivity contribution < 1.29 is 39.1 Å². The number of rotatable bonds is 6. The van der Waals surface area contributed by atoms with Gasteiger partial charge in [0.1, 0.15) is 6.10 Å². The Morgan fingerprint density at radius 1 is 0.980 bits per heavy atom. The van der Waals surface area contributed by atoms with Gasteiger partial charge in [0.25, 0.3) is 0 Å². The molecule has 5 unspecified atom stereocenters. The molecule has 0 aromatic rings. The van der Waals surface area contributed by atoms with E-state index in [2.05, 4.69) is 39.5 Å². The molecular formula is C40H66N2O8. The molecule has 3 saturated heterocycles. The molecule has 8 rings (SSSR count). The van der Waals surface area contributed by atoms with Crippen molar-refractivity contribution in [2.24, 2.45) is 50.7 Å². The molecule has 0 aromatic heterocycles. The van der Waals surface area contributed by atoms with Crippen LogP contribution in [0.15, 0.2) is 0 Å². The van der Waals surface area contributed by atoms with Gasteiger partial charge in [-0.2, -0.15) is 0 Å². The van der Waals surface area contributed by atoms with Crippen molar-refractivity contribution in [3.8, 4) is 0 Å². The molecule has 0 aromatic carbocycles. The summed E-state index contributed by atoms with van der Waals surface area (Å²) in [7, 11) is 0. The fourth-order valence-corrected chi connectivity index (χ4v) is 14.4. The van der Waals surface area contributed by atoms with Crippen molar-refractivity contribution in [2.45, 2.75) is 142 Å². The Bertz CT molecular complexity index is 1320. The van der Waals surface area contributed by atoms with E-state index in [1.807, 2.05) is 4.90 Å². The van der Waals surface area contributed by atoms with Gasteiger partial charge in [-0.1, -0.05) is 34.6 Å². The summed E-state index contributed by atoms with van der Waals surface area (Å²) >= 11 is 0. The molecule has 1 amide bonds. The number of amides is 1. The summed E-state index contributed by atoms with van der Waals surface area (Å²) in [6.45, 7) is 20.3. The zero-order chi connectivity index (χ0) is 35.6. The second-order valence-corrected chi connectivity index (χ2v) is 19.8. The predicted molar refractivity (Wildman–Crippen MR) is 187 cm³/mol. The van der Waals surface area contributed by atoms with Crippen LogP contribution in [0.5, 0.6) is 0 Å². The number of carbonyl (C=O) groups excluding carboxylic acids is 1. The van der Waals surface area contributed by atoms with Crippen molar-refractivity contribution in [3.05, 3.63) is 0 Å². The lowest BCUT2D eigenvalue weighted by atomic mass is 9.41. The summed E-state index contributed by atoms with van der Waals surface area (Å²) in [5.41, 5.74) is -1.10. The zero-order valence-electron chi connectivity index (χ0n) is 31.9. The lowest BCUT2D eigenvalue weighted by Crippen LogP contribution is -2.60. The number of aliphatic hydroxyl groups excluding tert-OH is 2. The van der Waals surface area contributed by atoms with Crippen molar-refractivity contribution in [1.82, 2.24) is 9.80 Å². The first kappa shape index (κ1) is 36.1. The highest BCUT2D eigenvalue weighted by Gasteiger charge is 2.84. The third-order valence-electron chi connectivity index (χ3n) is 17.0. The smallest absolute Gasteiger partial charge is 0.237 e. The van der Waals surface area contributed by atoms with Crippen LogP contribution in [0.1, 0.15) is 99.8 Å². The normalized spacial score (nSPS) is 50.7. The van der Waals surface area contributed by atoms with Gasteiger partial charge in [-0.05, 0) is 111 Å². The summed E-state index contributed by atoms with van der Waals surface area (Å²) in [5, 5.41) is 34.2. The minimum Gasteiger partial charge on any atom is -0.390 e. The monoisotopic (exact) mass is 702 g/mol. The average molecular weight is 703 g/mol. The molecule has 8 fully saturated rings. The molecule has 3 heterocycles. The largest absolute Gasteiger partial charge is 0.390 e. The van der Waals surface area contributed by atoms with Crippen LogP contribution in [0.2, 0.25) is 0 Å². The van der Waals surface area contributed by atoms with E-state index in [0.717, 1.165) is 45.2 Å². The Labute approximate surface area is 299 Å². The highest BCUT2D eigenvalue weighted by Crippen LogP contribution is 2.89. The summed E-state index contributed by atoms with van der Waals surface area (Å²) in [5.74, 6) is 1.64. The number of fused-ring (bicyclic) bond motifs is 4. The zero-order valence-corrected chi connectivity index (χ0v) is 31.9. The molecule has 3 aliphatic heterocycles. The molecule has 14 atom stereocenters. The van der Waals surface area contributed by atoms with E-state index in [1.54, 1.807) is 13.8 Å². The highest BCUT2D eigenvalue weighted by atomic mass is 16.7. The quantitative estimate of drug-likeness (QED) is 0.380. The number of ether oxygens (including phenoxy) is 4. The molecular weight excluding hydrogens is 636 g/mol. The number of hydrogen-bond donors (Lipinski definition) is 3. The Kier molecular flexibility index (Phi) is 8.73. The van der Waals surface area contributed by atoms with Crippen LogP contribution in [0.4, 0.5) is 0 Å². The number of hydrogen-bond acceptors (Lipinski definition) is 9. The average Bonchev–Trinajstić information content (AvgIpc) is 3.70. The maximum atomic E-state index is 13.2. The van der Waals surface area contributed by atoms with Crippen molar-refractivity contribution in [1.29, 1.82) is 0 Å². The second kappa shape index (κ2) is 12.1. The van der Waals surface area contributed by atoms with Gasteiger partial charge < -0.3 is 39.2 Å². The van der Waals surface area contributed by atoms with Gasteiger partial charge >= 0.3 is 0 Å². The van der Waals surface area contributed by atoms with Gasteiger partial charge in [0.05, 0.1) is 62.9 Å². The molecule has 3 N–H and O–H groups in total. The molecule has 284 valence electrons. The summed E-state index contributed by atoms with van der Waals surface area (Å²) in [4.78, 5) is 17.3. The Balaban J connectivity index is 0.974. The predicted octanol–water partition coefficient (Wildman–Crippen LogP) is 3.83. The van der Waals surface area contributed by atoms with Crippen LogP contribution in [0.25, 0.3) is 0 Å². The number of nitrogens with zero attached hydrogens (tertiary/aromatic N) is 2. The van der Waals surface area contributed by atoms with Gasteiger partial charge in [0.15, 0.2) is 6.29 Å². The molecule has 2 spiro atoms. The van der Waals surface area contributed by atoms with E-state index in [4.69, 9.17) is 18.9 Å². The van der Waals surface area contributed by atoms with Crippen molar-refractivity contribution in [2.75, 3.05) is 52.5 Å². The van der Waals surface area contributed by atoms with Gasteiger partial charge in [-0.3, -0.25) is 9.69 Å². The fourth-order valence-electron chi connectivity index (χ4n) is 14.4. The van der Waals surface area contributed by atoms with E-state index >= 15 is 0 Å². The Hall–Kier alpha value is -0.850. The van der Waals surface area contributed by atoms with E-state index in [0.29, 0.717) is 57.7 Å². The van der Waals surface area contributed by atoms with E-state index in [9.17, 15) is 20.1 Å². The molecule has 10 nitrogen and oxygen atoms in total. The lowest BCUT2D eigenvalue weighted by Gasteiger charge is -2.64. The minimum atomic E-state index is -1.26. The van der Waals surface area contributed by atoms with E-state index in [-0.39, 0.29) is 57.0 Å². The minimum absolute atomic E-state index is 0.0296. The van der Waals surface area contributed by atoms with Gasteiger partial charge in [0.2, 0.25) is 5.91 Å². The molecule has 50 heavy (non-hydrogen) atoms. The molecule has 8 aliphatic rings. The summed E-state index contributed by atoms with van der Waals surface area (Å²) in [6, 6.07) is 0. The highest BCUT2D eigenvalue weighted by molar-refractivity contribution is 5.78. The first-order valence-corrected chi connectivity index (χ1v) is 20.1. The van der Waals surface area contributed by atoms with Crippen LogP contribution in [-0.2, 0) is 23.7 Å². The van der Waals surface area contributed by atoms with Crippen LogP contribution in [-0.4, -0.2) is 126 Å². The lowest BCUT2D eigenvalue weighted by molar-refractivity contribution is -0.248. The van der Waals surface area contributed by atoms with Crippen molar-refractivity contribution >= 4 is 5.91 Å². The van der Waals surface area contributed by atoms with Gasteiger partial charge in [-0.25, -0.2) is 0 Å². The van der Waals surface area contributed by atoms with Crippen LogP contribution in [0, 0.1) is 50.7 Å². The fraction of sp³-hybridized carbons (Fsp3) is 0.975. The van der Waals surface area contributed by atoms with Crippen LogP contribution in [0.3, 0.4) is 0 Å². The summed E-state index contributed by atoms with van der Waals surface area (Å²) in [6.07, 6.45) is 5.94. The Morgan fingerprint density at radius 2 is 1.68 bits per heavy atom. The van der Waals surface area contributed by atoms with E-state index in [1.165, 1.54) is 12.8 Å². The molecule has 5 aliphatic carbocycles. The van der Waals surface area contributed by atoms with Crippen LogP contribution < -0.4 is 0 Å².